The SMILES string of the molecule is O=C(O)CCC1CCCN(C(=O)NCC(F)(F)C(F)F)C1. The molecule has 1 rings (SSSR count). The Morgan fingerprint density at radius 3 is 2.62 bits per heavy atom. The lowest BCUT2D eigenvalue weighted by molar-refractivity contribution is -0.137. The molecule has 0 radical (unpaired) electrons. The van der Waals surface area contributed by atoms with Gasteiger partial charge in [0.05, 0.1) is 6.54 Å². The fraction of sp³-hybridized carbons (Fsp3) is 0.833. The van der Waals surface area contributed by atoms with Gasteiger partial charge in [-0.15, -0.1) is 0 Å². The van der Waals surface area contributed by atoms with Gasteiger partial charge in [-0.3, -0.25) is 4.79 Å². The van der Waals surface area contributed by atoms with Crippen LogP contribution in [-0.4, -0.2) is 54.0 Å². The van der Waals surface area contributed by atoms with Crippen LogP contribution in [0.1, 0.15) is 25.7 Å². The monoisotopic (exact) mass is 314 g/mol. The van der Waals surface area contributed by atoms with Crippen LogP contribution in [0.2, 0.25) is 0 Å². The number of amides is 2. The summed E-state index contributed by atoms with van der Waals surface area (Å²) in [7, 11) is 0. The molecule has 1 heterocycles. The van der Waals surface area contributed by atoms with E-state index in [0.717, 1.165) is 6.42 Å². The molecule has 0 aromatic rings. The van der Waals surface area contributed by atoms with Crippen LogP contribution in [0.5, 0.6) is 0 Å². The van der Waals surface area contributed by atoms with Gasteiger partial charge in [0.15, 0.2) is 0 Å². The lowest BCUT2D eigenvalue weighted by atomic mass is 9.93. The van der Waals surface area contributed by atoms with Crippen molar-refractivity contribution in [3.05, 3.63) is 0 Å². The first-order valence-electron chi connectivity index (χ1n) is 6.63. The Labute approximate surface area is 119 Å². The number of carbonyl (C=O) groups excluding carboxylic acids is 1. The number of nitrogens with zero attached hydrogens (tertiary/aromatic N) is 1. The number of hydrogen-bond donors (Lipinski definition) is 2. The van der Waals surface area contributed by atoms with E-state index in [-0.39, 0.29) is 18.9 Å². The van der Waals surface area contributed by atoms with Gasteiger partial charge in [0.25, 0.3) is 0 Å². The number of carboxylic acids is 1. The fourth-order valence-electron chi connectivity index (χ4n) is 2.20. The number of alkyl halides is 4. The maximum absolute atomic E-state index is 12.7. The third-order valence-electron chi connectivity index (χ3n) is 3.37. The third kappa shape index (κ3) is 5.76. The topological polar surface area (TPSA) is 69.6 Å². The molecule has 1 aliphatic rings. The largest absolute Gasteiger partial charge is 0.481 e. The zero-order valence-electron chi connectivity index (χ0n) is 11.3. The van der Waals surface area contributed by atoms with E-state index in [1.807, 2.05) is 0 Å². The van der Waals surface area contributed by atoms with E-state index in [1.54, 1.807) is 5.32 Å². The van der Waals surface area contributed by atoms with Crippen molar-refractivity contribution in [1.82, 2.24) is 10.2 Å². The van der Waals surface area contributed by atoms with Gasteiger partial charge in [-0.1, -0.05) is 0 Å². The molecular weight excluding hydrogens is 296 g/mol. The van der Waals surface area contributed by atoms with Crippen LogP contribution in [0.4, 0.5) is 22.4 Å². The van der Waals surface area contributed by atoms with Crippen LogP contribution >= 0.6 is 0 Å². The summed E-state index contributed by atoms with van der Waals surface area (Å²) < 4.78 is 49.4. The maximum Gasteiger partial charge on any atom is 0.324 e. The third-order valence-corrected chi connectivity index (χ3v) is 3.37. The number of nitrogens with one attached hydrogen (secondary N) is 1. The second-order valence-electron chi connectivity index (χ2n) is 5.11. The highest BCUT2D eigenvalue weighted by molar-refractivity contribution is 5.74. The molecule has 5 nitrogen and oxygen atoms in total. The van der Waals surface area contributed by atoms with E-state index in [2.05, 4.69) is 0 Å². The predicted molar refractivity (Wildman–Crippen MR) is 65.5 cm³/mol. The number of halogens is 4. The summed E-state index contributed by atoms with van der Waals surface area (Å²) in [6.07, 6.45) is -2.08. The summed E-state index contributed by atoms with van der Waals surface area (Å²) in [5.74, 6) is -5.21. The lowest BCUT2D eigenvalue weighted by Crippen LogP contribution is -2.49. The van der Waals surface area contributed by atoms with Gasteiger partial charge in [-0.05, 0) is 25.2 Å². The number of aliphatic carboxylic acids is 1. The highest BCUT2D eigenvalue weighted by Crippen LogP contribution is 2.23. The number of carboxylic acid groups (broad SMARTS) is 1. The van der Waals surface area contributed by atoms with Crippen molar-refractivity contribution in [2.75, 3.05) is 19.6 Å². The lowest BCUT2D eigenvalue weighted by Gasteiger charge is -2.33. The summed E-state index contributed by atoms with van der Waals surface area (Å²) in [5.41, 5.74) is 0. The quantitative estimate of drug-likeness (QED) is 0.738. The van der Waals surface area contributed by atoms with Crippen LogP contribution in [0.25, 0.3) is 0 Å². The van der Waals surface area contributed by atoms with Gasteiger partial charge in [-0.25, -0.2) is 13.6 Å². The second-order valence-corrected chi connectivity index (χ2v) is 5.11. The molecule has 0 spiro atoms. The first-order chi connectivity index (χ1) is 9.72. The Balaban J connectivity index is 2.41. The molecule has 0 bridgehead atoms. The summed E-state index contributed by atoms with van der Waals surface area (Å²) in [5, 5.41) is 10.4. The van der Waals surface area contributed by atoms with E-state index < -0.39 is 30.9 Å². The zero-order chi connectivity index (χ0) is 16.0. The summed E-state index contributed by atoms with van der Waals surface area (Å²) in [6.45, 7) is -0.825. The molecule has 0 aliphatic carbocycles. The smallest absolute Gasteiger partial charge is 0.324 e. The van der Waals surface area contributed by atoms with Crippen LogP contribution < -0.4 is 5.32 Å². The minimum atomic E-state index is -4.26. The Bertz CT molecular complexity index is 380. The first-order valence-corrected chi connectivity index (χ1v) is 6.63. The number of likely N-dealkylation sites (tertiary alicyclic amines) is 1. The molecule has 1 aliphatic heterocycles. The zero-order valence-corrected chi connectivity index (χ0v) is 11.3. The summed E-state index contributed by atoms with van der Waals surface area (Å²) >= 11 is 0. The number of piperidine rings is 1. The minimum Gasteiger partial charge on any atom is -0.481 e. The highest BCUT2D eigenvalue weighted by Gasteiger charge is 2.41. The van der Waals surface area contributed by atoms with Crippen molar-refractivity contribution < 1.29 is 32.3 Å². The van der Waals surface area contributed by atoms with E-state index in [0.29, 0.717) is 19.4 Å². The number of rotatable bonds is 6. The first kappa shape index (κ1) is 17.5. The van der Waals surface area contributed by atoms with Crippen molar-refractivity contribution in [2.24, 2.45) is 5.92 Å². The Morgan fingerprint density at radius 1 is 1.38 bits per heavy atom. The van der Waals surface area contributed by atoms with E-state index in [1.165, 1.54) is 4.90 Å². The van der Waals surface area contributed by atoms with Gasteiger partial charge in [-0.2, -0.15) is 8.78 Å². The molecule has 0 aromatic carbocycles. The van der Waals surface area contributed by atoms with Crippen LogP contribution in [0, 0.1) is 5.92 Å². The van der Waals surface area contributed by atoms with Crippen LogP contribution in [-0.2, 0) is 4.79 Å². The van der Waals surface area contributed by atoms with Crippen molar-refractivity contribution in [3.8, 4) is 0 Å². The molecule has 1 saturated heterocycles. The van der Waals surface area contributed by atoms with Crippen molar-refractivity contribution in [3.63, 3.8) is 0 Å². The average molecular weight is 314 g/mol. The fourth-order valence-corrected chi connectivity index (χ4v) is 2.20. The Kier molecular flexibility index (Phi) is 6.22. The summed E-state index contributed by atoms with van der Waals surface area (Å²) in [4.78, 5) is 23.4. The molecule has 1 atom stereocenters. The van der Waals surface area contributed by atoms with E-state index >= 15 is 0 Å². The van der Waals surface area contributed by atoms with Gasteiger partial charge < -0.3 is 15.3 Å². The molecule has 1 unspecified atom stereocenters. The second kappa shape index (κ2) is 7.46. The van der Waals surface area contributed by atoms with Crippen molar-refractivity contribution >= 4 is 12.0 Å². The predicted octanol–water partition coefficient (Wildman–Crippen LogP) is 2.17. The molecule has 2 amide bonds. The van der Waals surface area contributed by atoms with Crippen LogP contribution in [0.3, 0.4) is 0 Å². The standard InChI is InChI=1S/C12H18F4N2O3/c13-10(14)12(15,16)7-17-11(21)18-5-1-2-8(6-18)3-4-9(19)20/h8,10H,1-7H2,(H,17,21)(H,19,20). The minimum absolute atomic E-state index is 0.0174. The molecule has 21 heavy (non-hydrogen) atoms. The Morgan fingerprint density at radius 2 is 2.05 bits per heavy atom. The molecule has 122 valence electrons. The van der Waals surface area contributed by atoms with E-state index in [9.17, 15) is 27.2 Å². The number of urea groups is 1. The van der Waals surface area contributed by atoms with Gasteiger partial charge in [0.1, 0.15) is 0 Å². The molecular formula is C12H18F4N2O3. The maximum atomic E-state index is 12.7. The molecule has 2 N–H and O–H groups in total. The van der Waals surface area contributed by atoms with E-state index in [4.69, 9.17) is 5.11 Å². The number of carbonyl (C=O) groups is 2. The molecule has 9 heteroatoms. The van der Waals surface area contributed by atoms with Gasteiger partial charge in [0, 0.05) is 19.5 Å². The molecule has 1 fully saturated rings. The molecule has 0 aromatic heterocycles. The average Bonchev–Trinajstić information content (AvgIpc) is 2.42. The van der Waals surface area contributed by atoms with Gasteiger partial charge >= 0.3 is 24.3 Å². The van der Waals surface area contributed by atoms with Crippen molar-refractivity contribution in [2.45, 2.75) is 38.0 Å². The van der Waals surface area contributed by atoms with Crippen LogP contribution in [0.15, 0.2) is 0 Å². The van der Waals surface area contributed by atoms with Gasteiger partial charge in [0.2, 0.25) is 0 Å². The summed E-state index contributed by atoms with van der Waals surface area (Å²) in [6, 6.07) is -0.824. The molecule has 0 saturated carbocycles. The normalized spacial score (nSPS) is 19.7. The highest BCUT2D eigenvalue weighted by atomic mass is 19.3. The Hall–Kier alpha value is -1.54. The van der Waals surface area contributed by atoms with Crippen molar-refractivity contribution in [1.29, 1.82) is 0 Å². The number of hydrogen-bond acceptors (Lipinski definition) is 2.